The highest BCUT2D eigenvalue weighted by atomic mass is 32.1. The van der Waals surface area contributed by atoms with Crippen LogP contribution < -0.4 is 11.1 Å². The molecule has 2 aromatic heterocycles. The number of thiazole rings is 1. The number of aromatic nitrogens is 2. The van der Waals surface area contributed by atoms with Crippen LogP contribution in [0.2, 0.25) is 0 Å². The van der Waals surface area contributed by atoms with Crippen molar-refractivity contribution in [3.63, 3.8) is 0 Å². The molecule has 25 heavy (non-hydrogen) atoms. The third-order valence-corrected chi connectivity index (χ3v) is 5.62. The Labute approximate surface area is 149 Å². The lowest BCUT2D eigenvalue weighted by atomic mass is 9.79. The zero-order valence-corrected chi connectivity index (χ0v) is 14.6. The number of anilines is 1. The van der Waals surface area contributed by atoms with E-state index in [2.05, 4.69) is 10.3 Å². The maximum absolute atomic E-state index is 12.7. The molecule has 0 radical (unpaired) electrons. The van der Waals surface area contributed by atoms with E-state index in [9.17, 15) is 4.79 Å². The van der Waals surface area contributed by atoms with Crippen LogP contribution in [0, 0.1) is 5.41 Å². The molecule has 6 nitrogen and oxygen atoms in total. The highest BCUT2D eigenvalue weighted by Crippen LogP contribution is 2.31. The van der Waals surface area contributed by atoms with Crippen molar-refractivity contribution < 1.29 is 9.53 Å². The summed E-state index contributed by atoms with van der Waals surface area (Å²) < 4.78 is 7.37. The van der Waals surface area contributed by atoms with Crippen molar-refractivity contribution in [3.05, 3.63) is 42.0 Å². The van der Waals surface area contributed by atoms with Crippen molar-refractivity contribution >= 4 is 27.9 Å². The Hall–Kier alpha value is -2.22. The summed E-state index contributed by atoms with van der Waals surface area (Å²) in [6.07, 6.45) is 5.33. The molecule has 130 valence electrons. The second-order valence-electron chi connectivity index (χ2n) is 6.35. The van der Waals surface area contributed by atoms with Gasteiger partial charge in [0.25, 0.3) is 0 Å². The lowest BCUT2D eigenvalue weighted by molar-refractivity contribution is -0.130. The summed E-state index contributed by atoms with van der Waals surface area (Å²) in [4.78, 5) is 18.3. The third kappa shape index (κ3) is 3.06. The van der Waals surface area contributed by atoms with Gasteiger partial charge in [-0.15, -0.1) is 11.3 Å². The van der Waals surface area contributed by atoms with Crippen LogP contribution in [0.3, 0.4) is 0 Å². The standard InChI is InChI=1S/C18H20N4O2S/c19-12-18(5-8-24-9-6-18)16(23)20-14-3-1-13(2-4-14)15-11-22-7-10-25-17(22)21-15/h1-4,7,10-11H,5-6,8-9,12,19H2,(H,20,23). The van der Waals surface area contributed by atoms with Crippen molar-refractivity contribution in [2.75, 3.05) is 25.1 Å². The fraction of sp³-hybridized carbons (Fsp3) is 0.333. The van der Waals surface area contributed by atoms with E-state index in [1.807, 2.05) is 46.4 Å². The molecule has 1 aliphatic rings. The van der Waals surface area contributed by atoms with E-state index < -0.39 is 5.41 Å². The predicted molar refractivity (Wildman–Crippen MR) is 98.7 cm³/mol. The number of hydrogen-bond acceptors (Lipinski definition) is 5. The summed E-state index contributed by atoms with van der Waals surface area (Å²) in [6.45, 7) is 1.51. The number of benzene rings is 1. The number of nitrogens with two attached hydrogens (primary N) is 1. The normalized spacial score (nSPS) is 16.8. The second-order valence-corrected chi connectivity index (χ2v) is 7.22. The summed E-state index contributed by atoms with van der Waals surface area (Å²) >= 11 is 1.60. The minimum Gasteiger partial charge on any atom is -0.381 e. The molecule has 3 heterocycles. The highest BCUT2D eigenvalue weighted by molar-refractivity contribution is 7.15. The minimum atomic E-state index is -0.523. The average Bonchev–Trinajstić information content (AvgIpc) is 3.25. The van der Waals surface area contributed by atoms with Gasteiger partial charge in [-0.1, -0.05) is 12.1 Å². The zero-order chi connectivity index (χ0) is 17.3. The molecule has 3 N–H and O–H groups in total. The van der Waals surface area contributed by atoms with Gasteiger partial charge < -0.3 is 15.8 Å². The van der Waals surface area contributed by atoms with Crippen LogP contribution >= 0.6 is 11.3 Å². The smallest absolute Gasteiger partial charge is 0.232 e. The Bertz CT molecular complexity index is 850. The van der Waals surface area contributed by atoms with Gasteiger partial charge in [-0.2, -0.15) is 0 Å². The quantitative estimate of drug-likeness (QED) is 0.753. The first-order chi connectivity index (χ1) is 12.2. The zero-order valence-electron chi connectivity index (χ0n) is 13.8. The van der Waals surface area contributed by atoms with Crippen LogP contribution in [0.4, 0.5) is 5.69 Å². The van der Waals surface area contributed by atoms with Gasteiger partial charge in [0.1, 0.15) is 0 Å². The Balaban J connectivity index is 1.50. The van der Waals surface area contributed by atoms with Crippen molar-refractivity contribution in [1.29, 1.82) is 0 Å². The number of carbonyl (C=O) groups excluding carboxylic acids is 1. The summed E-state index contributed by atoms with van der Waals surface area (Å²) in [7, 11) is 0. The number of nitrogens with one attached hydrogen (secondary N) is 1. The summed E-state index contributed by atoms with van der Waals surface area (Å²) in [5, 5.41) is 5.01. The highest BCUT2D eigenvalue weighted by Gasteiger charge is 2.38. The van der Waals surface area contributed by atoms with Crippen LogP contribution in [-0.4, -0.2) is 35.1 Å². The molecule has 1 saturated heterocycles. The molecule has 3 aromatic rings. The van der Waals surface area contributed by atoms with Gasteiger partial charge in [-0.25, -0.2) is 4.98 Å². The molecule has 4 rings (SSSR count). The molecule has 0 atom stereocenters. The fourth-order valence-corrected chi connectivity index (χ4v) is 3.84. The largest absolute Gasteiger partial charge is 0.381 e. The van der Waals surface area contributed by atoms with Gasteiger partial charge >= 0.3 is 0 Å². The maximum Gasteiger partial charge on any atom is 0.232 e. The minimum absolute atomic E-state index is 0.0199. The monoisotopic (exact) mass is 356 g/mol. The Morgan fingerprint density at radius 2 is 2.08 bits per heavy atom. The molecule has 1 fully saturated rings. The predicted octanol–water partition coefficient (Wildman–Crippen LogP) is 2.76. The van der Waals surface area contributed by atoms with Gasteiger partial charge in [0.15, 0.2) is 4.96 Å². The number of ether oxygens (including phenoxy) is 1. The second kappa shape index (κ2) is 6.59. The Morgan fingerprint density at radius 3 is 2.76 bits per heavy atom. The first-order valence-electron chi connectivity index (χ1n) is 8.32. The summed E-state index contributed by atoms with van der Waals surface area (Å²) in [5.41, 5.74) is 8.09. The van der Waals surface area contributed by atoms with E-state index in [0.29, 0.717) is 32.6 Å². The van der Waals surface area contributed by atoms with Gasteiger partial charge in [-0.3, -0.25) is 9.20 Å². The van der Waals surface area contributed by atoms with Gasteiger partial charge in [0.05, 0.1) is 11.1 Å². The van der Waals surface area contributed by atoms with Gasteiger partial charge in [0.2, 0.25) is 5.91 Å². The number of rotatable bonds is 4. The van der Waals surface area contributed by atoms with E-state index in [1.54, 1.807) is 11.3 Å². The molecule has 1 aliphatic heterocycles. The molecule has 0 unspecified atom stereocenters. The fourth-order valence-electron chi connectivity index (χ4n) is 3.14. The van der Waals surface area contributed by atoms with E-state index in [4.69, 9.17) is 10.5 Å². The SMILES string of the molecule is NCC1(C(=O)Nc2ccc(-c3cn4ccsc4n3)cc2)CCOCC1. The molecule has 0 spiro atoms. The number of fused-ring (bicyclic) bond motifs is 1. The van der Waals surface area contributed by atoms with Crippen LogP contribution in [-0.2, 0) is 9.53 Å². The molecule has 0 saturated carbocycles. The number of nitrogens with zero attached hydrogens (tertiary/aromatic N) is 2. The van der Waals surface area contributed by atoms with Crippen molar-refractivity contribution in [1.82, 2.24) is 9.38 Å². The number of hydrogen-bond donors (Lipinski definition) is 2. The Kier molecular flexibility index (Phi) is 4.29. The van der Waals surface area contributed by atoms with Gasteiger partial charge in [0, 0.05) is 48.8 Å². The molecular formula is C18H20N4O2S. The number of imidazole rings is 1. The van der Waals surface area contributed by atoms with E-state index in [1.165, 1.54) is 0 Å². The molecule has 0 aliphatic carbocycles. The first-order valence-corrected chi connectivity index (χ1v) is 9.20. The van der Waals surface area contributed by atoms with Gasteiger partial charge in [-0.05, 0) is 25.0 Å². The molecule has 0 bridgehead atoms. The van der Waals surface area contributed by atoms with Crippen LogP contribution in [0.15, 0.2) is 42.0 Å². The van der Waals surface area contributed by atoms with Crippen LogP contribution in [0.1, 0.15) is 12.8 Å². The van der Waals surface area contributed by atoms with Crippen molar-refractivity contribution in [3.8, 4) is 11.3 Å². The maximum atomic E-state index is 12.7. The van der Waals surface area contributed by atoms with E-state index in [0.717, 1.165) is 21.9 Å². The van der Waals surface area contributed by atoms with Crippen LogP contribution in [0.25, 0.3) is 16.2 Å². The van der Waals surface area contributed by atoms with Crippen LogP contribution in [0.5, 0.6) is 0 Å². The third-order valence-electron chi connectivity index (χ3n) is 4.85. The molecule has 1 aromatic carbocycles. The van der Waals surface area contributed by atoms with Crippen molar-refractivity contribution in [2.24, 2.45) is 11.1 Å². The summed E-state index contributed by atoms with van der Waals surface area (Å²) in [6, 6.07) is 7.76. The average molecular weight is 356 g/mol. The number of amides is 1. The van der Waals surface area contributed by atoms with Crippen molar-refractivity contribution in [2.45, 2.75) is 12.8 Å². The van der Waals surface area contributed by atoms with E-state index >= 15 is 0 Å². The lowest BCUT2D eigenvalue weighted by Gasteiger charge is -2.34. The molecule has 7 heteroatoms. The Morgan fingerprint density at radius 1 is 1.32 bits per heavy atom. The molecule has 1 amide bonds. The first kappa shape index (κ1) is 16.3. The van der Waals surface area contributed by atoms with E-state index in [-0.39, 0.29) is 5.91 Å². The molecular weight excluding hydrogens is 336 g/mol. The lowest BCUT2D eigenvalue weighted by Crippen LogP contribution is -2.46. The topological polar surface area (TPSA) is 81.7 Å². The summed E-state index contributed by atoms with van der Waals surface area (Å²) in [5.74, 6) is -0.0199. The number of carbonyl (C=O) groups is 1.